The number of unbranched alkanes of at least 4 members (excludes halogenated alkanes) is 18. The molecular weight excluding hydrogens is 562 g/mol. The number of nitrogens with zero attached hydrogens (tertiary/aromatic N) is 1. The molecule has 3 nitrogen and oxygen atoms in total. The Hall–Kier alpha value is -1.34. The van der Waals surface area contributed by atoms with Crippen LogP contribution < -0.4 is 0 Å². The van der Waals surface area contributed by atoms with Crippen molar-refractivity contribution in [2.75, 3.05) is 27.2 Å². The Morgan fingerprint density at radius 2 is 1.04 bits per heavy atom. The second-order valence-corrected chi connectivity index (χ2v) is 13.7. The van der Waals surface area contributed by atoms with Gasteiger partial charge in [-0.3, -0.25) is 0 Å². The third-order valence-electron chi connectivity index (χ3n) is 8.78. The third kappa shape index (κ3) is 35.5. The van der Waals surface area contributed by atoms with Crippen molar-refractivity contribution in [3.63, 3.8) is 0 Å². The number of allylic oxidation sites excluding steroid dienone is 6. The summed E-state index contributed by atoms with van der Waals surface area (Å²) in [7, 11) is 4.19. The first-order chi connectivity index (χ1) is 22.6. The van der Waals surface area contributed by atoms with Crippen LogP contribution >= 0.6 is 0 Å². The van der Waals surface area contributed by atoms with Gasteiger partial charge in [-0.15, -0.1) is 5.92 Å². The van der Waals surface area contributed by atoms with Crippen LogP contribution in [0, 0.1) is 11.8 Å². The molecule has 268 valence electrons. The topological polar surface area (TPSA) is 32.7 Å². The number of aliphatic hydroxyl groups excluding tert-OH is 1. The van der Waals surface area contributed by atoms with Crippen molar-refractivity contribution in [1.29, 1.82) is 0 Å². The molecule has 0 rings (SSSR count). The minimum Gasteiger partial charge on any atom is -0.394 e. The zero-order valence-corrected chi connectivity index (χ0v) is 31.4. The van der Waals surface area contributed by atoms with Crippen molar-refractivity contribution < 1.29 is 9.84 Å². The average molecular weight is 642 g/mol. The first-order valence-corrected chi connectivity index (χ1v) is 20.0. The van der Waals surface area contributed by atoms with Gasteiger partial charge in [0.25, 0.3) is 0 Å². The van der Waals surface area contributed by atoms with E-state index < -0.39 is 0 Å². The van der Waals surface area contributed by atoms with Gasteiger partial charge in [-0.25, -0.2) is 0 Å². The molecule has 1 N–H and O–H groups in total. The van der Waals surface area contributed by atoms with Crippen molar-refractivity contribution in [3.05, 3.63) is 36.5 Å². The normalized spacial score (nSPS) is 13.3. The largest absolute Gasteiger partial charge is 0.394 e. The summed E-state index contributed by atoms with van der Waals surface area (Å²) in [5.74, 6) is 6.66. The third-order valence-corrected chi connectivity index (χ3v) is 8.78. The van der Waals surface area contributed by atoms with E-state index in [2.05, 4.69) is 81.1 Å². The summed E-state index contributed by atoms with van der Waals surface area (Å²) in [4.78, 5) is 2.18. The summed E-state index contributed by atoms with van der Waals surface area (Å²) in [6.45, 7) is 5.61. The number of rotatable bonds is 34. The van der Waals surface area contributed by atoms with Gasteiger partial charge in [0, 0.05) is 19.4 Å². The van der Waals surface area contributed by atoms with E-state index in [4.69, 9.17) is 4.74 Å². The molecule has 0 aromatic heterocycles. The van der Waals surface area contributed by atoms with Crippen LogP contribution in [0.4, 0.5) is 0 Å². The van der Waals surface area contributed by atoms with E-state index >= 15 is 0 Å². The van der Waals surface area contributed by atoms with Crippen molar-refractivity contribution in [3.8, 4) is 11.8 Å². The predicted octanol–water partition coefficient (Wildman–Crippen LogP) is 12.5. The lowest BCUT2D eigenvalue weighted by molar-refractivity contribution is -0.0528. The van der Waals surface area contributed by atoms with Crippen LogP contribution in [0.3, 0.4) is 0 Å². The van der Waals surface area contributed by atoms with Gasteiger partial charge in [-0.1, -0.05) is 146 Å². The molecule has 0 heterocycles. The van der Waals surface area contributed by atoms with Gasteiger partial charge < -0.3 is 14.7 Å². The van der Waals surface area contributed by atoms with Gasteiger partial charge in [0.05, 0.1) is 18.8 Å². The van der Waals surface area contributed by atoms with E-state index in [0.717, 1.165) is 45.1 Å². The zero-order valence-electron chi connectivity index (χ0n) is 31.4. The Balaban J connectivity index is 4.08. The molecular formula is C43H79NO2. The molecule has 0 aliphatic carbocycles. The van der Waals surface area contributed by atoms with Crippen LogP contribution in [0.5, 0.6) is 0 Å². The molecule has 0 bridgehead atoms. The molecule has 0 saturated carbocycles. The number of hydrogen-bond donors (Lipinski definition) is 1. The number of aliphatic hydroxyl groups is 1. The smallest absolute Gasteiger partial charge is 0.0821 e. The summed E-state index contributed by atoms with van der Waals surface area (Å²) in [5, 5.41) is 9.95. The van der Waals surface area contributed by atoms with Gasteiger partial charge in [0.1, 0.15) is 0 Å². The molecule has 0 aromatic rings. The maximum absolute atomic E-state index is 9.95. The average Bonchev–Trinajstić information content (AvgIpc) is 3.05. The number of ether oxygens (including phenoxy) is 1. The first kappa shape index (κ1) is 44.7. The summed E-state index contributed by atoms with van der Waals surface area (Å²) in [6, 6.07) is 0. The van der Waals surface area contributed by atoms with Gasteiger partial charge in [0.15, 0.2) is 0 Å². The van der Waals surface area contributed by atoms with Crippen LogP contribution in [0.2, 0.25) is 0 Å². The minimum absolute atomic E-state index is 0.0327. The molecule has 0 radical (unpaired) electrons. The highest BCUT2D eigenvalue weighted by Crippen LogP contribution is 2.19. The highest BCUT2D eigenvalue weighted by Gasteiger charge is 2.16. The van der Waals surface area contributed by atoms with Gasteiger partial charge in [-0.05, 0) is 84.7 Å². The summed E-state index contributed by atoms with van der Waals surface area (Å²) < 4.78 is 6.49. The fourth-order valence-corrected chi connectivity index (χ4v) is 5.74. The molecule has 0 fully saturated rings. The van der Waals surface area contributed by atoms with Crippen LogP contribution in [-0.4, -0.2) is 49.5 Å². The second-order valence-electron chi connectivity index (χ2n) is 13.7. The number of hydrogen-bond acceptors (Lipinski definition) is 3. The highest BCUT2D eigenvalue weighted by molar-refractivity contribution is 5.04. The molecule has 2 atom stereocenters. The monoisotopic (exact) mass is 642 g/mol. The molecule has 3 heteroatoms. The first-order valence-electron chi connectivity index (χ1n) is 20.0. The maximum Gasteiger partial charge on any atom is 0.0821 e. The summed E-state index contributed by atoms with van der Waals surface area (Å²) in [5.41, 5.74) is 0. The highest BCUT2D eigenvalue weighted by atomic mass is 16.5. The quantitative estimate of drug-likeness (QED) is 0.0431. The lowest BCUT2D eigenvalue weighted by Crippen LogP contribution is -2.29. The molecule has 0 aliphatic rings. The van der Waals surface area contributed by atoms with Crippen molar-refractivity contribution >= 4 is 0 Å². The molecule has 0 aromatic carbocycles. The standard InChI is InChI=1S/C43H79NO2/c1-5-7-9-11-13-15-17-19-21-23-25-27-29-31-33-35-37-42(46-43(41-45)39-40-44(3)4)38-36-34-32-30-28-26-24-22-20-18-16-14-12-10-8-6-2/h13-16,19,21,42-43,45H,5-12,17-18,23-41H2,1-4H3/b15-13-,16-14-,21-19-. The predicted molar refractivity (Wildman–Crippen MR) is 206 cm³/mol. The van der Waals surface area contributed by atoms with Crippen molar-refractivity contribution in [2.45, 2.75) is 199 Å². The molecule has 0 saturated heterocycles. The van der Waals surface area contributed by atoms with E-state index in [-0.39, 0.29) is 12.7 Å². The fraction of sp³-hybridized carbons (Fsp3) is 0.814. The maximum atomic E-state index is 9.95. The summed E-state index contributed by atoms with van der Waals surface area (Å²) >= 11 is 0. The molecule has 46 heavy (non-hydrogen) atoms. The molecule has 0 spiro atoms. The van der Waals surface area contributed by atoms with Crippen molar-refractivity contribution in [2.24, 2.45) is 0 Å². The SMILES string of the molecule is CCCCC/C=C\CC#CCCCCCCCCC(CCCCCCCC/C=C\C/C=C\CCCCC)OC(CO)CCN(C)C. The second kappa shape index (κ2) is 38.1. The lowest BCUT2D eigenvalue weighted by Gasteiger charge is -2.25. The molecule has 0 aliphatic heterocycles. The van der Waals surface area contributed by atoms with Gasteiger partial charge in [-0.2, -0.15) is 0 Å². The molecule has 2 unspecified atom stereocenters. The van der Waals surface area contributed by atoms with Crippen LogP contribution in [0.15, 0.2) is 36.5 Å². The van der Waals surface area contributed by atoms with Crippen molar-refractivity contribution in [1.82, 2.24) is 4.90 Å². The van der Waals surface area contributed by atoms with Crippen LogP contribution in [0.25, 0.3) is 0 Å². The van der Waals surface area contributed by atoms with E-state index in [9.17, 15) is 5.11 Å². The fourth-order valence-electron chi connectivity index (χ4n) is 5.74. The Morgan fingerprint density at radius 1 is 0.543 bits per heavy atom. The van der Waals surface area contributed by atoms with Crippen LogP contribution in [0.1, 0.15) is 187 Å². The van der Waals surface area contributed by atoms with E-state index in [1.54, 1.807) is 0 Å². The Bertz CT molecular complexity index is 744. The minimum atomic E-state index is -0.0327. The van der Waals surface area contributed by atoms with E-state index in [0.29, 0.717) is 6.10 Å². The molecule has 0 amide bonds. The Labute approximate surface area is 289 Å². The van der Waals surface area contributed by atoms with Gasteiger partial charge >= 0.3 is 0 Å². The van der Waals surface area contributed by atoms with Gasteiger partial charge in [0.2, 0.25) is 0 Å². The van der Waals surface area contributed by atoms with E-state index in [1.807, 2.05) is 0 Å². The zero-order chi connectivity index (χ0) is 33.6. The Kier molecular flexibility index (Phi) is 37.0. The summed E-state index contributed by atoms with van der Waals surface area (Å²) in [6.07, 6.45) is 47.6. The van der Waals surface area contributed by atoms with E-state index in [1.165, 1.54) is 135 Å². The van der Waals surface area contributed by atoms with Crippen LogP contribution in [-0.2, 0) is 4.74 Å². The Morgan fingerprint density at radius 3 is 1.59 bits per heavy atom. The lowest BCUT2D eigenvalue weighted by atomic mass is 10.0.